The molecule has 0 saturated carbocycles. The minimum absolute atomic E-state index is 0.206. The first-order valence-corrected chi connectivity index (χ1v) is 1.93. The number of hydrogen-bond donors (Lipinski definition) is 1. The normalized spacial score (nSPS) is 10.3. The molecule has 0 aromatic carbocycles. The van der Waals surface area contributed by atoms with Gasteiger partial charge in [-0.25, -0.2) is 0 Å². The fraction of sp³-hybridized carbons (Fsp3) is 0.750. The van der Waals surface area contributed by atoms with Crippen LogP contribution in [0.1, 0.15) is 6.42 Å². The van der Waals surface area contributed by atoms with Crippen LogP contribution in [0, 0.1) is 0 Å². The Bertz CT molecular complexity index is 42.8. The molecule has 0 heterocycles. The van der Waals surface area contributed by atoms with Crippen molar-refractivity contribution in [1.82, 2.24) is 0 Å². The van der Waals surface area contributed by atoms with Gasteiger partial charge in [-0.15, -0.1) is 0 Å². The second kappa shape index (κ2) is 4.63. The lowest BCUT2D eigenvalue weighted by atomic mass is 10.5. The lowest BCUT2D eigenvalue weighted by Crippen LogP contribution is -1.80. The molecule has 0 aliphatic heterocycles. The van der Waals surface area contributed by atoms with Crippen LogP contribution < -0.4 is 0 Å². The third kappa shape index (κ3) is 3.63. The largest absolute Gasteiger partial charge is 0.396 e. The highest BCUT2D eigenvalue weighted by Gasteiger charge is 1.67. The summed E-state index contributed by atoms with van der Waals surface area (Å²) in [6.07, 6.45) is 2.36. The van der Waals surface area contributed by atoms with Gasteiger partial charge in [0.05, 0.1) is 0 Å². The van der Waals surface area contributed by atoms with Crippen LogP contribution in [0.2, 0.25) is 0 Å². The molecule has 0 fully saturated rings. The molecule has 0 atom stereocenters. The Balaban J connectivity index is 2.66. The minimum Gasteiger partial charge on any atom is -0.396 e. The van der Waals surface area contributed by atoms with Gasteiger partial charge in [-0.1, -0.05) is 0 Å². The molecular weight excluding hydrogens is 78.0 g/mol. The predicted molar refractivity (Wildman–Crippen MR) is 26.1 cm³/mol. The van der Waals surface area contributed by atoms with Crippen molar-refractivity contribution in [3.05, 3.63) is 0 Å². The molecule has 0 amide bonds. The monoisotopic (exact) mass is 87.1 g/mol. The van der Waals surface area contributed by atoms with Crippen LogP contribution in [0.25, 0.3) is 0 Å². The molecule has 2 heteroatoms. The van der Waals surface area contributed by atoms with E-state index < -0.39 is 0 Å². The zero-order valence-electron chi connectivity index (χ0n) is 3.89. The predicted octanol–water partition coefficient (Wildman–Crippen LogP) is 0.0694. The Morgan fingerprint density at radius 1 is 1.83 bits per heavy atom. The van der Waals surface area contributed by atoms with Crippen molar-refractivity contribution in [3.63, 3.8) is 0 Å². The first kappa shape index (κ1) is 5.63. The summed E-state index contributed by atoms with van der Waals surface area (Å²) >= 11 is 0. The van der Waals surface area contributed by atoms with Crippen molar-refractivity contribution in [3.8, 4) is 0 Å². The van der Waals surface area contributed by atoms with Crippen molar-refractivity contribution in [2.45, 2.75) is 6.42 Å². The summed E-state index contributed by atoms with van der Waals surface area (Å²) in [5, 5.41) is 8.11. The lowest BCUT2D eigenvalue weighted by molar-refractivity contribution is 0.308. The highest BCUT2D eigenvalue weighted by Crippen LogP contribution is 1.64. The number of aliphatic hydroxyl groups is 1. The SMILES string of the molecule is C/N=C/CCO. The molecule has 0 aromatic rings. The van der Waals surface area contributed by atoms with E-state index >= 15 is 0 Å². The number of rotatable bonds is 2. The van der Waals surface area contributed by atoms with Gasteiger partial charge in [-0.3, -0.25) is 0 Å². The molecule has 1 N–H and O–H groups in total. The maximum Gasteiger partial charge on any atom is 0.0480 e. The van der Waals surface area contributed by atoms with E-state index in [-0.39, 0.29) is 6.61 Å². The number of aliphatic imine (C=N–C) groups is 1. The maximum atomic E-state index is 8.11. The summed E-state index contributed by atoms with van der Waals surface area (Å²) in [5.74, 6) is 0. The molecule has 0 spiro atoms. The third-order valence-corrected chi connectivity index (χ3v) is 0.441. The Hall–Kier alpha value is -0.370. The topological polar surface area (TPSA) is 32.6 Å². The first-order chi connectivity index (χ1) is 2.91. The first-order valence-electron chi connectivity index (χ1n) is 1.93. The van der Waals surface area contributed by atoms with Crippen LogP contribution >= 0.6 is 0 Å². The Morgan fingerprint density at radius 3 is 2.67 bits per heavy atom. The van der Waals surface area contributed by atoms with Crippen LogP contribution in [0.4, 0.5) is 0 Å². The summed E-state index contributed by atoms with van der Waals surface area (Å²) in [4.78, 5) is 3.64. The summed E-state index contributed by atoms with van der Waals surface area (Å²) in [7, 11) is 1.69. The van der Waals surface area contributed by atoms with Gasteiger partial charge in [0.1, 0.15) is 0 Å². The van der Waals surface area contributed by atoms with Gasteiger partial charge >= 0.3 is 0 Å². The van der Waals surface area contributed by atoms with E-state index in [0.717, 1.165) is 0 Å². The van der Waals surface area contributed by atoms with E-state index in [1.54, 1.807) is 13.3 Å². The average Bonchev–Trinajstić information content (AvgIpc) is 1.61. The summed E-state index contributed by atoms with van der Waals surface area (Å²) < 4.78 is 0. The number of aliphatic hydroxyl groups excluding tert-OH is 1. The highest BCUT2D eigenvalue weighted by atomic mass is 16.2. The molecule has 0 saturated heterocycles. The zero-order valence-corrected chi connectivity index (χ0v) is 3.89. The molecule has 0 aliphatic rings. The van der Waals surface area contributed by atoms with Crippen molar-refractivity contribution < 1.29 is 5.11 Å². The van der Waals surface area contributed by atoms with Crippen LogP contribution in [0.5, 0.6) is 0 Å². The smallest absolute Gasteiger partial charge is 0.0480 e. The minimum atomic E-state index is 0.206. The van der Waals surface area contributed by atoms with Crippen LogP contribution in [0.15, 0.2) is 4.99 Å². The Labute approximate surface area is 37.5 Å². The van der Waals surface area contributed by atoms with E-state index in [9.17, 15) is 0 Å². The standard InChI is InChI=1S/C4H9NO/c1-5-3-2-4-6/h3,6H,2,4H2,1H3/b5-3+. The van der Waals surface area contributed by atoms with Crippen molar-refractivity contribution in [1.29, 1.82) is 0 Å². The Morgan fingerprint density at radius 2 is 2.50 bits per heavy atom. The van der Waals surface area contributed by atoms with E-state index in [1.165, 1.54) is 0 Å². The average molecular weight is 87.1 g/mol. The van der Waals surface area contributed by atoms with Crippen LogP contribution in [-0.4, -0.2) is 25.0 Å². The van der Waals surface area contributed by atoms with Gasteiger partial charge in [0.15, 0.2) is 0 Å². The van der Waals surface area contributed by atoms with Gasteiger partial charge < -0.3 is 10.1 Å². The van der Waals surface area contributed by atoms with Gasteiger partial charge in [0.2, 0.25) is 0 Å². The van der Waals surface area contributed by atoms with Crippen molar-refractivity contribution in [2.75, 3.05) is 13.7 Å². The van der Waals surface area contributed by atoms with Gasteiger partial charge in [-0.05, 0) is 0 Å². The number of nitrogens with zero attached hydrogens (tertiary/aromatic N) is 1. The molecule has 0 rings (SSSR count). The van der Waals surface area contributed by atoms with Gasteiger partial charge in [0, 0.05) is 26.3 Å². The molecule has 0 aliphatic carbocycles. The molecule has 2 nitrogen and oxygen atoms in total. The second-order valence-electron chi connectivity index (χ2n) is 0.953. The summed E-state index contributed by atoms with van der Waals surface area (Å²) in [6.45, 7) is 0.206. The van der Waals surface area contributed by atoms with Crippen molar-refractivity contribution in [2.24, 2.45) is 4.99 Å². The molecular formula is C4H9NO. The molecule has 0 bridgehead atoms. The number of hydrogen-bond acceptors (Lipinski definition) is 2. The van der Waals surface area contributed by atoms with Gasteiger partial charge in [-0.2, -0.15) is 0 Å². The van der Waals surface area contributed by atoms with Crippen LogP contribution in [-0.2, 0) is 0 Å². The molecule has 36 valence electrons. The summed E-state index contributed by atoms with van der Waals surface area (Å²) in [5.41, 5.74) is 0. The quantitative estimate of drug-likeness (QED) is 0.475. The molecule has 0 radical (unpaired) electrons. The fourth-order valence-corrected chi connectivity index (χ4v) is 0.187. The van der Waals surface area contributed by atoms with E-state index in [1.807, 2.05) is 0 Å². The third-order valence-electron chi connectivity index (χ3n) is 0.441. The van der Waals surface area contributed by atoms with Crippen molar-refractivity contribution >= 4 is 6.21 Å². The fourth-order valence-electron chi connectivity index (χ4n) is 0.187. The zero-order chi connectivity index (χ0) is 4.83. The summed E-state index contributed by atoms with van der Waals surface area (Å²) in [6, 6.07) is 0. The molecule has 6 heavy (non-hydrogen) atoms. The van der Waals surface area contributed by atoms with Crippen LogP contribution in [0.3, 0.4) is 0 Å². The molecule has 0 unspecified atom stereocenters. The Kier molecular flexibility index (Phi) is 4.34. The maximum absolute atomic E-state index is 8.11. The van der Waals surface area contributed by atoms with E-state index in [0.29, 0.717) is 6.42 Å². The molecule has 0 aromatic heterocycles. The lowest BCUT2D eigenvalue weighted by Gasteiger charge is -1.76. The second-order valence-corrected chi connectivity index (χ2v) is 0.953. The van der Waals surface area contributed by atoms with E-state index in [2.05, 4.69) is 4.99 Å². The van der Waals surface area contributed by atoms with Gasteiger partial charge in [0.25, 0.3) is 0 Å². The van der Waals surface area contributed by atoms with E-state index in [4.69, 9.17) is 5.11 Å². The highest BCUT2D eigenvalue weighted by molar-refractivity contribution is 5.56.